The lowest BCUT2D eigenvalue weighted by atomic mass is 9.81. The summed E-state index contributed by atoms with van der Waals surface area (Å²) in [5.41, 5.74) is 2.33. The molecule has 192 valence electrons. The molecule has 0 aromatic heterocycles. The number of nitrogens with one attached hydrogen (secondary N) is 1. The zero-order chi connectivity index (χ0) is 24.9. The maximum Gasteiger partial charge on any atom is 0.317 e. The van der Waals surface area contributed by atoms with E-state index >= 15 is 0 Å². The molecule has 6 heteroatoms. The highest BCUT2D eigenvalue weighted by Gasteiger charge is 2.27. The van der Waals surface area contributed by atoms with Gasteiger partial charge in [-0.3, -0.25) is 4.79 Å². The van der Waals surface area contributed by atoms with E-state index in [1.807, 2.05) is 18.7 Å². The lowest BCUT2D eigenvalue weighted by molar-refractivity contribution is -0.143. The molecule has 1 aliphatic carbocycles. The van der Waals surface area contributed by atoms with Crippen molar-refractivity contribution < 1.29 is 19.4 Å². The van der Waals surface area contributed by atoms with E-state index in [0.717, 1.165) is 56.9 Å². The SMILES string of the molecule is CCCCNC(=O)N(CCO[C@H]1CCC[C@@H](CCC(C(=O)O)C(C)C)C1)Cc1ccc(C)cc1. The molecule has 1 aliphatic rings. The van der Waals surface area contributed by atoms with Crippen molar-refractivity contribution in [2.45, 2.75) is 91.7 Å². The monoisotopic (exact) mass is 474 g/mol. The fourth-order valence-corrected chi connectivity index (χ4v) is 4.79. The van der Waals surface area contributed by atoms with Crippen LogP contribution in [-0.4, -0.2) is 47.8 Å². The third-order valence-corrected chi connectivity index (χ3v) is 7.05. The minimum absolute atomic E-state index is 0.0347. The molecule has 2 N–H and O–H groups in total. The van der Waals surface area contributed by atoms with Gasteiger partial charge in [-0.15, -0.1) is 0 Å². The van der Waals surface area contributed by atoms with Crippen molar-refractivity contribution in [2.24, 2.45) is 17.8 Å². The Morgan fingerprint density at radius 3 is 2.59 bits per heavy atom. The van der Waals surface area contributed by atoms with Crippen LogP contribution in [0.1, 0.15) is 83.3 Å². The molecule has 6 nitrogen and oxygen atoms in total. The summed E-state index contributed by atoms with van der Waals surface area (Å²) in [6.45, 7) is 10.5. The first-order valence-electron chi connectivity index (χ1n) is 13.2. The lowest BCUT2D eigenvalue weighted by Gasteiger charge is -2.31. The Bertz CT molecular complexity index is 734. The molecule has 0 radical (unpaired) electrons. The third-order valence-electron chi connectivity index (χ3n) is 7.05. The van der Waals surface area contributed by atoms with Crippen molar-refractivity contribution in [3.63, 3.8) is 0 Å². The summed E-state index contributed by atoms with van der Waals surface area (Å²) in [5, 5.41) is 12.5. The number of aryl methyl sites for hydroxylation is 1. The van der Waals surface area contributed by atoms with Crippen LogP contribution in [0.3, 0.4) is 0 Å². The quantitative estimate of drug-likeness (QED) is 0.323. The van der Waals surface area contributed by atoms with Gasteiger partial charge < -0.3 is 20.1 Å². The molecule has 0 aliphatic heterocycles. The van der Waals surface area contributed by atoms with Gasteiger partial charge in [0, 0.05) is 19.6 Å². The van der Waals surface area contributed by atoms with E-state index in [9.17, 15) is 14.7 Å². The number of benzene rings is 1. The number of hydrogen-bond donors (Lipinski definition) is 2. The standard InChI is InChI=1S/C28H46N2O4/c1-5-6-16-29-28(33)30(20-24-12-10-22(4)11-13-24)17-18-34-25-9-7-8-23(19-25)14-15-26(21(2)3)27(31)32/h10-13,21,23,25-26H,5-9,14-20H2,1-4H3,(H,29,33)(H,31,32)/t23-,25-,26?/m0/s1. The predicted octanol–water partition coefficient (Wildman–Crippen LogP) is 6.02. The molecule has 3 atom stereocenters. The highest BCUT2D eigenvalue weighted by molar-refractivity contribution is 5.74. The number of hydrogen-bond acceptors (Lipinski definition) is 3. The van der Waals surface area contributed by atoms with Gasteiger partial charge >= 0.3 is 12.0 Å². The number of urea groups is 1. The highest BCUT2D eigenvalue weighted by Crippen LogP contribution is 2.32. The third kappa shape index (κ3) is 10.0. The number of carbonyl (C=O) groups is 2. The predicted molar refractivity (Wildman–Crippen MR) is 137 cm³/mol. The number of aliphatic carboxylic acids is 1. The number of ether oxygens (including phenoxy) is 1. The summed E-state index contributed by atoms with van der Waals surface area (Å²) in [6.07, 6.45) is 8.24. The van der Waals surface area contributed by atoms with Crippen LogP contribution < -0.4 is 5.32 Å². The zero-order valence-electron chi connectivity index (χ0n) is 21.7. The fourth-order valence-electron chi connectivity index (χ4n) is 4.79. The molecule has 1 aromatic rings. The van der Waals surface area contributed by atoms with Gasteiger partial charge in [-0.25, -0.2) is 4.79 Å². The molecule has 1 unspecified atom stereocenters. The first-order valence-corrected chi connectivity index (χ1v) is 13.2. The topological polar surface area (TPSA) is 78.9 Å². The van der Waals surface area contributed by atoms with Gasteiger partial charge in [0.2, 0.25) is 0 Å². The van der Waals surface area contributed by atoms with Gasteiger partial charge in [0.25, 0.3) is 0 Å². The Balaban J connectivity index is 1.84. The van der Waals surface area contributed by atoms with Crippen molar-refractivity contribution in [1.82, 2.24) is 10.2 Å². The van der Waals surface area contributed by atoms with Crippen LogP contribution in [-0.2, 0) is 16.1 Å². The average molecular weight is 475 g/mol. The summed E-state index contributed by atoms with van der Waals surface area (Å²) >= 11 is 0. The number of nitrogens with zero attached hydrogens (tertiary/aromatic N) is 1. The van der Waals surface area contributed by atoms with Gasteiger partial charge in [-0.05, 0) is 56.4 Å². The Kier molecular flexibility index (Phi) is 12.4. The molecule has 1 fully saturated rings. The summed E-state index contributed by atoms with van der Waals surface area (Å²) in [7, 11) is 0. The van der Waals surface area contributed by atoms with Crippen LogP contribution in [0.25, 0.3) is 0 Å². The summed E-state index contributed by atoms with van der Waals surface area (Å²) in [6, 6.07) is 8.28. The molecule has 1 saturated carbocycles. The summed E-state index contributed by atoms with van der Waals surface area (Å²) < 4.78 is 6.24. The molecule has 2 rings (SSSR count). The Hall–Kier alpha value is -2.08. The van der Waals surface area contributed by atoms with Crippen LogP contribution >= 0.6 is 0 Å². The number of amides is 2. The number of carbonyl (C=O) groups excluding carboxylic acids is 1. The van der Waals surface area contributed by atoms with Crippen molar-refractivity contribution >= 4 is 12.0 Å². The first-order chi connectivity index (χ1) is 16.3. The fraction of sp³-hybridized carbons (Fsp3) is 0.714. The number of unbranched alkanes of at least 4 members (excludes halogenated alkanes) is 1. The van der Waals surface area contributed by atoms with Crippen molar-refractivity contribution in [1.29, 1.82) is 0 Å². The number of carboxylic acid groups (broad SMARTS) is 1. The Morgan fingerprint density at radius 1 is 1.21 bits per heavy atom. The second-order valence-electron chi connectivity index (χ2n) is 10.3. The molecule has 0 heterocycles. The normalized spacial score (nSPS) is 19.1. The minimum atomic E-state index is -0.676. The largest absolute Gasteiger partial charge is 0.481 e. The van der Waals surface area contributed by atoms with E-state index < -0.39 is 5.97 Å². The lowest BCUT2D eigenvalue weighted by Crippen LogP contribution is -2.42. The van der Waals surface area contributed by atoms with E-state index in [-0.39, 0.29) is 24.0 Å². The van der Waals surface area contributed by atoms with Gasteiger partial charge in [0.05, 0.1) is 18.6 Å². The molecule has 1 aromatic carbocycles. The second kappa shape index (κ2) is 15.0. The van der Waals surface area contributed by atoms with Gasteiger partial charge in [0.15, 0.2) is 0 Å². The number of rotatable bonds is 14. The second-order valence-corrected chi connectivity index (χ2v) is 10.3. The van der Waals surface area contributed by atoms with Crippen LogP contribution in [0.2, 0.25) is 0 Å². The van der Waals surface area contributed by atoms with Crippen LogP contribution in [0.15, 0.2) is 24.3 Å². The van der Waals surface area contributed by atoms with Crippen molar-refractivity contribution in [2.75, 3.05) is 19.7 Å². The van der Waals surface area contributed by atoms with Gasteiger partial charge in [0.1, 0.15) is 0 Å². The van der Waals surface area contributed by atoms with Crippen LogP contribution in [0, 0.1) is 24.7 Å². The molecular formula is C28H46N2O4. The Labute approximate surface area is 206 Å². The highest BCUT2D eigenvalue weighted by atomic mass is 16.5. The average Bonchev–Trinajstić information content (AvgIpc) is 2.80. The number of carboxylic acids is 1. The maximum absolute atomic E-state index is 12.8. The molecule has 0 saturated heterocycles. The molecule has 0 bridgehead atoms. The van der Waals surface area contributed by atoms with E-state index in [1.165, 1.54) is 5.56 Å². The molecule has 2 amide bonds. The maximum atomic E-state index is 12.8. The van der Waals surface area contributed by atoms with E-state index in [2.05, 4.69) is 43.4 Å². The van der Waals surface area contributed by atoms with E-state index in [1.54, 1.807) is 0 Å². The minimum Gasteiger partial charge on any atom is -0.481 e. The van der Waals surface area contributed by atoms with Crippen molar-refractivity contribution in [3.8, 4) is 0 Å². The zero-order valence-corrected chi connectivity index (χ0v) is 21.7. The van der Waals surface area contributed by atoms with Gasteiger partial charge in [-0.2, -0.15) is 0 Å². The smallest absolute Gasteiger partial charge is 0.317 e. The summed E-state index contributed by atoms with van der Waals surface area (Å²) in [5.74, 6) is -0.246. The van der Waals surface area contributed by atoms with Crippen LogP contribution in [0.4, 0.5) is 4.79 Å². The van der Waals surface area contributed by atoms with E-state index in [4.69, 9.17) is 4.74 Å². The van der Waals surface area contributed by atoms with E-state index in [0.29, 0.717) is 32.2 Å². The van der Waals surface area contributed by atoms with Gasteiger partial charge in [-0.1, -0.05) is 69.9 Å². The molecular weight excluding hydrogens is 428 g/mol. The van der Waals surface area contributed by atoms with Crippen LogP contribution in [0.5, 0.6) is 0 Å². The first kappa shape index (κ1) is 28.2. The Morgan fingerprint density at radius 2 is 1.94 bits per heavy atom. The summed E-state index contributed by atoms with van der Waals surface area (Å²) in [4.78, 5) is 26.1. The van der Waals surface area contributed by atoms with Crippen molar-refractivity contribution in [3.05, 3.63) is 35.4 Å². The molecule has 34 heavy (non-hydrogen) atoms. The molecule has 0 spiro atoms.